The highest BCUT2D eigenvalue weighted by atomic mass is 32.2. The van der Waals surface area contributed by atoms with Crippen LogP contribution >= 0.6 is 35.3 Å². The molecule has 4 unspecified atom stereocenters. The first-order chi connectivity index (χ1) is 62.3. The molecule has 3 N–H and O–H groups in total. The summed E-state index contributed by atoms with van der Waals surface area (Å²) in [7, 11) is 0. The van der Waals surface area contributed by atoms with Gasteiger partial charge in [0.15, 0.2) is 50.4 Å². The van der Waals surface area contributed by atoms with Crippen molar-refractivity contribution in [3.8, 4) is 97.1 Å². The third-order valence-corrected chi connectivity index (χ3v) is 27.9. The molecule has 0 amide bonds. The van der Waals surface area contributed by atoms with Crippen LogP contribution in [0.4, 0.5) is 0 Å². The number of hydrogen-bond donors (Lipinski definition) is 3. The molecule has 3 heterocycles. The number of thioether (sulfide) groups is 3. The number of phenols is 3. The van der Waals surface area contributed by atoms with Crippen LogP contribution in [-0.4, -0.2) is 90.6 Å². The van der Waals surface area contributed by atoms with Crippen LogP contribution in [0.25, 0.3) is 155 Å². The molecule has 17 rings (SSSR count). The standard InChI is InChI=1S/C41H47N3O2S.C39H47N3O2S.C30H23N3OS/c1-5-9-12-27(7-3)25-46-32-20-23-35(36(45)24-32)40-42-39(43-41(44-40)47-26-28(8-4)13-10-6-2)34-22-19-31-17-16-29-14-11-15-30-18-21-33(34)38(31)37(29)30;1-5-9-15-27(7-3)25-44-30-21-22-34(36(43)24-30)37-40-38(42-39(41-37)45-26-28(8-4)16-10-6-2)35-23-29-17-11-12-18-31(29)32-19-13-14-20-33(32)35;1-2-17-35-30-32-28(24-13-7-8-14-27(24)34)31-29(33-30)26-18-25-20-10-4-3-9-19(20)15-16-23(25)21-11-5-6-12-22(21)26/h11,14-24,27-28,45H,5-10,12-13,25-26H2,1-4H3;11-14,17-24,27-28,43H,5-10,15-16,25-26H2,1-4H3;3-16,18,34H,2,17H2,1H3. The summed E-state index contributed by atoms with van der Waals surface area (Å²) < 4.78 is 12.3. The highest BCUT2D eigenvalue weighted by molar-refractivity contribution is 7.99. The van der Waals surface area contributed by atoms with Crippen molar-refractivity contribution in [2.75, 3.05) is 30.5 Å². The summed E-state index contributed by atoms with van der Waals surface area (Å²) in [6.07, 6.45) is 19.8. The molecule has 0 aliphatic carbocycles. The van der Waals surface area contributed by atoms with Crippen molar-refractivity contribution in [3.05, 3.63) is 237 Å². The maximum absolute atomic E-state index is 11.3. The molecule has 650 valence electrons. The summed E-state index contributed by atoms with van der Waals surface area (Å²) in [4.78, 5) is 44.4. The largest absolute Gasteiger partial charge is 0.507 e. The smallest absolute Gasteiger partial charge is 0.191 e. The Hall–Kier alpha value is -11.5. The van der Waals surface area contributed by atoms with Gasteiger partial charge in [0.25, 0.3) is 0 Å². The van der Waals surface area contributed by atoms with Gasteiger partial charge >= 0.3 is 0 Å². The molecule has 0 saturated carbocycles. The Morgan fingerprint density at radius 3 is 1.12 bits per heavy atom. The molecule has 0 aliphatic rings. The van der Waals surface area contributed by atoms with Crippen LogP contribution in [0.3, 0.4) is 0 Å². The van der Waals surface area contributed by atoms with Crippen LogP contribution < -0.4 is 9.47 Å². The van der Waals surface area contributed by atoms with Gasteiger partial charge in [-0.05, 0) is 197 Å². The SMILES string of the molecule is CCCCC(CC)COc1ccc(-c2nc(SCC(CC)CCCC)nc(-c3cc4ccccc4c4ccccc34)n2)c(O)c1.CCCCC(CC)COc1ccc(-c2nc(SCC(CC)CCCC)nc(-c3ccc4ccc5cccc6ccc3c4c56)n2)c(O)c1.CCCSc1nc(-c2ccccc2O)nc(-c2cc3c4ccccc4ccc3c3ccccc23)n1. The predicted molar refractivity (Wildman–Crippen MR) is 535 cm³/mol. The van der Waals surface area contributed by atoms with Gasteiger partial charge < -0.3 is 24.8 Å². The summed E-state index contributed by atoms with van der Waals surface area (Å²) in [5, 5.41) is 54.0. The average Bonchev–Trinajstić information content (AvgIpc) is 0.743. The van der Waals surface area contributed by atoms with Gasteiger partial charge in [0.05, 0.1) is 29.9 Å². The summed E-state index contributed by atoms with van der Waals surface area (Å²) in [5.41, 5.74) is 4.65. The van der Waals surface area contributed by atoms with Crippen LogP contribution in [0.1, 0.15) is 171 Å². The van der Waals surface area contributed by atoms with E-state index < -0.39 is 0 Å². The lowest BCUT2D eigenvalue weighted by Crippen LogP contribution is -2.11. The number of benzene rings is 14. The average molecular weight is 1740 g/mol. The topological polar surface area (TPSA) is 195 Å². The zero-order chi connectivity index (χ0) is 88.1. The number of aromatic hydroxyl groups is 3. The van der Waals surface area contributed by atoms with Crippen molar-refractivity contribution in [2.24, 2.45) is 23.7 Å². The Labute approximate surface area is 760 Å². The fraction of sp³-hybridized carbons (Fsp3) is 0.318. The first-order valence-electron chi connectivity index (χ1n) is 46.1. The first kappa shape index (κ1) is 90.3. The number of fused-ring (bicyclic) bond motifs is 8. The molecule has 0 saturated heterocycles. The molecule has 0 bridgehead atoms. The van der Waals surface area contributed by atoms with Crippen molar-refractivity contribution in [1.82, 2.24) is 44.9 Å². The molecule has 0 aliphatic heterocycles. The summed E-state index contributed by atoms with van der Waals surface area (Å²) >= 11 is 5.00. The van der Waals surface area contributed by atoms with E-state index in [1.165, 1.54) is 123 Å². The van der Waals surface area contributed by atoms with Gasteiger partial charge in [0.1, 0.15) is 28.7 Å². The Kier molecular flexibility index (Phi) is 31.1. The van der Waals surface area contributed by atoms with E-state index in [4.69, 9.17) is 54.3 Å². The molecule has 17 aromatic rings. The molecule has 14 nitrogen and oxygen atoms in total. The number of nitrogens with zero attached hydrogens (tertiary/aromatic N) is 9. The highest BCUT2D eigenvalue weighted by Crippen LogP contribution is 2.45. The minimum atomic E-state index is 0.111. The van der Waals surface area contributed by atoms with E-state index in [9.17, 15) is 15.3 Å². The summed E-state index contributed by atoms with van der Waals surface area (Å²) in [6, 6.07) is 80.3. The van der Waals surface area contributed by atoms with E-state index in [-0.39, 0.29) is 17.2 Å². The normalized spacial score (nSPS) is 12.6. The number of para-hydroxylation sites is 1. The Bertz CT molecular complexity index is 6590. The predicted octanol–water partition coefficient (Wildman–Crippen LogP) is 30.7. The second-order valence-electron chi connectivity index (χ2n) is 33.4. The Morgan fingerprint density at radius 1 is 0.260 bits per heavy atom. The number of aromatic nitrogens is 9. The zero-order valence-electron chi connectivity index (χ0n) is 74.8. The minimum Gasteiger partial charge on any atom is -0.507 e. The molecule has 4 atom stereocenters. The summed E-state index contributed by atoms with van der Waals surface area (Å²) in [5.74, 6) is 10.0. The van der Waals surface area contributed by atoms with Gasteiger partial charge in [0, 0.05) is 46.1 Å². The van der Waals surface area contributed by atoms with E-state index in [1.54, 1.807) is 59.6 Å². The number of rotatable bonds is 37. The van der Waals surface area contributed by atoms with Gasteiger partial charge in [-0.15, -0.1) is 0 Å². The Balaban J connectivity index is 0.000000148. The molecule has 0 fully saturated rings. The molecule has 0 spiro atoms. The fourth-order valence-corrected chi connectivity index (χ4v) is 19.9. The van der Waals surface area contributed by atoms with Gasteiger partial charge in [0.2, 0.25) is 0 Å². The fourth-order valence-electron chi connectivity index (χ4n) is 17.0. The van der Waals surface area contributed by atoms with Crippen LogP contribution in [0.5, 0.6) is 28.7 Å². The minimum absolute atomic E-state index is 0.111. The number of hydrogen-bond acceptors (Lipinski definition) is 17. The maximum Gasteiger partial charge on any atom is 0.191 e. The van der Waals surface area contributed by atoms with Gasteiger partial charge in [-0.1, -0.05) is 345 Å². The van der Waals surface area contributed by atoms with Crippen molar-refractivity contribution >= 4 is 121 Å². The summed E-state index contributed by atoms with van der Waals surface area (Å²) in [6.45, 7) is 21.3. The quantitative estimate of drug-likeness (QED) is 0.0245. The van der Waals surface area contributed by atoms with E-state index >= 15 is 0 Å². The van der Waals surface area contributed by atoms with E-state index in [2.05, 4.69) is 238 Å². The van der Waals surface area contributed by atoms with Crippen molar-refractivity contribution in [1.29, 1.82) is 0 Å². The number of ether oxygens (including phenoxy) is 2. The number of phenolic OH excluding ortho intramolecular Hbond substituents is 3. The molecular formula is C110H117N9O5S3. The van der Waals surface area contributed by atoms with E-state index in [0.717, 1.165) is 106 Å². The van der Waals surface area contributed by atoms with Crippen LogP contribution in [0.2, 0.25) is 0 Å². The lowest BCUT2D eigenvalue weighted by Gasteiger charge is -2.17. The second kappa shape index (κ2) is 43.8. The second-order valence-corrected chi connectivity index (χ2v) is 36.5. The van der Waals surface area contributed by atoms with Crippen molar-refractivity contribution in [2.45, 2.75) is 187 Å². The molecule has 17 heteroatoms. The third-order valence-electron chi connectivity index (χ3n) is 24.7. The first-order valence-corrected chi connectivity index (χ1v) is 49.0. The lowest BCUT2D eigenvalue weighted by molar-refractivity contribution is 0.232. The maximum atomic E-state index is 11.3. The van der Waals surface area contributed by atoms with Gasteiger partial charge in [-0.3, -0.25) is 0 Å². The van der Waals surface area contributed by atoms with Crippen LogP contribution in [0, 0.1) is 23.7 Å². The van der Waals surface area contributed by atoms with Gasteiger partial charge in [-0.25, -0.2) is 44.9 Å². The zero-order valence-corrected chi connectivity index (χ0v) is 77.2. The van der Waals surface area contributed by atoms with E-state index in [0.29, 0.717) is 115 Å². The van der Waals surface area contributed by atoms with Crippen LogP contribution in [-0.2, 0) is 0 Å². The molecule has 127 heavy (non-hydrogen) atoms. The van der Waals surface area contributed by atoms with Crippen molar-refractivity contribution in [3.63, 3.8) is 0 Å². The molecule has 14 aromatic carbocycles. The Morgan fingerprint density at radius 2 is 0.622 bits per heavy atom. The third kappa shape index (κ3) is 21.5. The number of unbranched alkanes of at least 4 members (excludes halogenated alkanes) is 4. The monoisotopic (exact) mass is 1740 g/mol. The molecular weight excluding hydrogens is 1620 g/mol. The van der Waals surface area contributed by atoms with E-state index in [1.807, 2.05) is 36.4 Å². The van der Waals surface area contributed by atoms with Gasteiger partial charge in [-0.2, -0.15) is 0 Å². The molecule has 0 radical (unpaired) electrons. The highest BCUT2D eigenvalue weighted by Gasteiger charge is 2.25. The van der Waals surface area contributed by atoms with Crippen LogP contribution in [0.15, 0.2) is 252 Å². The molecule has 3 aromatic heterocycles. The lowest BCUT2D eigenvalue weighted by atomic mass is 9.92. The van der Waals surface area contributed by atoms with Crippen molar-refractivity contribution < 1.29 is 24.8 Å².